The van der Waals surface area contributed by atoms with Crippen molar-refractivity contribution in [1.82, 2.24) is 25.0 Å². The van der Waals surface area contributed by atoms with E-state index in [-0.39, 0.29) is 15.6 Å². The van der Waals surface area contributed by atoms with Crippen LogP contribution in [-0.2, 0) is 23.6 Å². The van der Waals surface area contributed by atoms with Gasteiger partial charge in [-0.3, -0.25) is 9.21 Å². The topological polar surface area (TPSA) is 83.4 Å². The third kappa shape index (κ3) is 5.20. The summed E-state index contributed by atoms with van der Waals surface area (Å²) in [5, 5.41) is 11.9. The number of benzene rings is 2. The molecule has 0 radical (unpaired) electrons. The molecule has 1 aromatic heterocycles. The van der Waals surface area contributed by atoms with E-state index >= 15 is 0 Å². The maximum atomic E-state index is 14.8. The lowest BCUT2D eigenvalue weighted by Crippen LogP contribution is -2.46. The first kappa shape index (κ1) is 25.6. The molecule has 1 aliphatic rings. The Kier molecular flexibility index (Phi) is 7.19. The lowest BCUT2D eigenvalue weighted by atomic mass is 10.1. The van der Waals surface area contributed by atoms with Gasteiger partial charge in [-0.25, -0.2) is 12.8 Å². The summed E-state index contributed by atoms with van der Waals surface area (Å²) in [6, 6.07) is 10.7. The molecule has 1 aliphatic heterocycles. The second-order valence-electron chi connectivity index (χ2n) is 9.56. The molecule has 8 nitrogen and oxygen atoms in total. The zero-order valence-corrected chi connectivity index (χ0v) is 21.9. The molecule has 1 saturated heterocycles. The Balaban J connectivity index is 1.86. The molecule has 2 aromatic carbocycles. The van der Waals surface area contributed by atoms with Gasteiger partial charge in [0.2, 0.25) is 0 Å². The van der Waals surface area contributed by atoms with Crippen molar-refractivity contribution < 1.29 is 12.8 Å². The summed E-state index contributed by atoms with van der Waals surface area (Å²) in [4.78, 5) is 2.37. The molecular formula is C24H30ClFN6O2S. The zero-order chi connectivity index (χ0) is 25.4. The second-order valence-corrected chi connectivity index (χ2v) is 11.8. The van der Waals surface area contributed by atoms with Gasteiger partial charge in [-0.15, -0.1) is 10.2 Å². The summed E-state index contributed by atoms with van der Waals surface area (Å²) < 4.78 is 45.5. The fourth-order valence-electron chi connectivity index (χ4n) is 4.24. The summed E-state index contributed by atoms with van der Waals surface area (Å²) in [5.41, 5.74) is -0.397. The summed E-state index contributed by atoms with van der Waals surface area (Å²) in [7, 11) is -2.23. The number of rotatable bonds is 6. The van der Waals surface area contributed by atoms with Gasteiger partial charge in [-0.1, -0.05) is 29.8 Å². The Morgan fingerprint density at radius 2 is 1.77 bits per heavy atom. The minimum atomic E-state index is -4.05. The van der Waals surface area contributed by atoms with Crippen LogP contribution in [0.4, 0.5) is 10.1 Å². The monoisotopic (exact) mass is 520 g/mol. The fourth-order valence-corrected chi connectivity index (χ4v) is 6.24. The molecule has 0 spiro atoms. The first-order valence-corrected chi connectivity index (χ1v) is 13.2. The number of nitrogens with zero attached hydrogens (tertiary/aromatic N) is 5. The highest BCUT2D eigenvalue weighted by Crippen LogP contribution is 2.40. The minimum absolute atomic E-state index is 0.105. The van der Waals surface area contributed by atoms with Crippen molar-refractivity contribution in [3.05, 3.63) is 59.1 Å². The number of anilines is 1. The first-order chi connectivity index (χ1) is 16.5. The van der Waals surface area contributed by atoms with Crippen LogP contribution >= 0.6 is 11.6 Å². The minimum Gasteiger partial charge on any atom is -0.314 e. The van der Waals surface area contributed by atoms with Gasteiger partial charge in [0.15, 0.2) is 5.82 Å². The summed E-state index contributed by atoms with van der Waals surface area (Å²) in [5.74, 6) is 0.414. The number of nitrogens with one attached hydrogen (secondary N) is 1. The Hall–Kier alpha value is -2.53. The van der Waals surface area contributed by atoms with Crippen LogP contribution in [0.25, 0.3) is 11.4 Å². The highest BCUT2D eigenvalue weighted by molar-refractivity contribution is 7.93. The molecule has 0 bridgehead atoms. The largest absolute Gasteiger partial charge is 0.314 e. The van der Waals surface area contributed by atoms with Gasteiger partial charge in [0.25, 0.3) is 10.0 Å². The maximum Gasteiger partial charge on any atom is 0.264 e. The SMILES string of the molecule is Cn1c(CN2CCNCC2)nnc1-c1cc(Cl)c(F)cc1N(C(C)(C)C)S(=O)(=O)c1ccccc1. The van der Waals surface area contributed by atoms with E-state index in [4.69, 9.17) is 11.6 Å². The molecule has 0 saturated carbocycles. The molecule has 1 N–H and O–H groups in total. The normalized spacial score (nSPS) is 15.4. The van der Waals surface area contributed by atoms with E-state index in [9.17, 15) is 12.8 Å². The van der Waals surface area contributed by atoms with Gasteiger partial charge < -0.3 is 9.88 Å². The van der Waals surface area contributed by atoms with E-state index < -0.39 is 21.4 Å². The average Bonchev–Trinajstić information content (AvgIpc) is 3.16. The smallest absolute Gasteiger partial charge is 0.264 e. The van der Waals surface area contributed by atoms with Crippen LogP contribution in [0.5, 0.6) is 0 Å². The van der Waals surface area contributed by atoms with Crippen LogP contribution in [0.3, 0.4) is 0 Å². The number of hydrogen-bond acceptors (Lipinski definition) is 6. The van der Waals surface area contributed by atoms with Gasteiger partial charge in [-0.2, -0.15) is 0 Å². The molecule has 4 rings (SSSR count). The number of halogens is 2. The molecule has 0 amide bonds. The van der Waals surface area contributed by atoms with E-state index in [1.165, 1.54) is 22.5 Å². The molecule has 3 aromatic rings. The average molecular weight is 521 g/mol. The molecular weight excluding hydrogens is 491 g/mol. The quantitative estimate of drug-likeness (QED) is 0.534. The van der Waals surface area contributed by atoms with Crippen molar-refractivity contribution >= 4 is 27.3 Å². The summed E-state index contributed by atoms with van der Waals surface area (Å²) in [6.45, 7) is 9.47. The molecule has 2 heterocycles. The summed E-state index contributed by atoms with van der Waals surface area (Å²) >= 11 is 6.19. The molecule has 1 fully saturated rings. The predicted molar refractivity (Wildman–Crippen MR) is 135 cm³/mol. The highest BCUT2D eigenvalue weighted by atomic mass is 35.5. The van der Waals surface area contributed by atoms with E-state index in [1.54, 1.807) is 39.0 Å². The van der Waals surface area contributed by atoms with Gasteiger partial charge in [0.1, 0.15) is 11.6 Å². The summed E-state index contributed by atoms with van der Waals surface area (Å²) in [6.07, 6.45) is 0. The standard InChI is InChI=1S/C24H30ClFN6O2S/c1-24(2,3)32(35(33,34)17-8-6-5-7-9-17)21-15-20(26)19(25)14-18(21)23-29-28-22(30(23)4)16-31-12-10-27-11-13-31/h5-9,14-15,27H,10-13,16H2,1-4H3. The van der Waals surface area contributed by atoms with E-state index in [1.807, 2.05) is 11.6 Å². The maximum absolute atomic E-state index is 14.8. The molecule has 188 valence electrons. The van der Waals surface area contributed by atoms with Crippen molar-refractivity contribution in [2.24, 2.45) is 7.05 Å². The Labute approximate surface area is 210 Å². The molecule has 0 unspecified atom stereocenters. The molecule has 11 heteroatoms. The van der Waals surface area contributed by atoms with E-state index in [0.717, 1.165) is 38.1 Å². The number of sulfonamides is 1. The molecule has 0 atom stereocenters. The van der Waals surface area contributed by atoms with Crippen molar-refractivity contribution in [2.45, 2.75) is 37.8 Å². The highest BCUT2D eigenvalue weighted by Gasteiger charge is 2.37. The Morgan fingerprint density at radius 3 is 2.40 bits per heavy atom. The first-order valence-electron chi connectivity index (χ1n) is 11.4. The predicted octanol–water partition coefficient (Wildman–Crippen LogP) is 3.67. The second kappa shape index (κ2) is 9.85. The fraction of sp³-hybridized carbons (Fsp3) is 0.417. The van der Waals surface area contributed by atoms with Crippen molar-refractivity contribution in [3.8, 4) is 11.4 Å². The van der Waals surface area contributed by atoms with Gasteiger partial charge in [0.05, 0.1) is 22.2 Å². The zero-order valence-electron chi connectivity index (χ0n) is 20.3. The Bertz CT molecular complexity index is 1300. The van der Waals surface area contributed by atoms with Crippen LogP contribution in [0.15, 0.2) is 47.4 Å². The van der Waals surface area contributed by atoms with Crippen LogP contribution < -0.4 is 9.62 Å². The van der Waals surface area contributed by atoms with E-state index in [2.05, 4.69) is 20.4 Å². The van der Waals surface area contributed by atoms with Crippen LogP contribution in [0, 0.1) is 5.82 Å². The van der Waals surface area contributed by atoms with Crippen LogP contribution in [-0.4, -0.2) is 59.8 Å². The van der Waals surface area contributed by atoms with Gasteiger partial charge in [0, 0.05) is 50.4 Å². The third-order valence-corrected chi connectivity index (χ3v) is 8.31. The van der Waals surface area contributed by atoms with Gasteiger partial charge >= 0.3 is 0 Å². The third-order valence-electron chi connectivity index (χ3n) is 5.93. The van der Waals surface area contributed by atoms with Crippen molar-refractivity contribution in [3.63, 3.8) is 0 Å². The molecule has 0 aliphatic carbocycles. The lowest BCUT2D eigenvalue weighted by Gasteiger charge is -2.37. The van der Waals surface area contributed by atoms with Gasteiger partial charge in [-0.05, 0) is 39.0 Å². The lowest BCUT2D eigenvalue weighted by molar-refractivity contribution is 0.226. The van der Waals surface area contributed by atoms with Crippen molar-refractivity contribution in [1.29, 1.82) is 0 Å². The van der Waals surface area contributed by atoms with Crippen molar-refractivity contribution in [2.75, 3.05) is 30.5 Å². The number of aromatic nitrogens is 3. The Morgan fingerprint density at radius 1 is 1.11 bits per heavy atom. The van der Waals surface area contributed by atoms with Crippen LogP contribution in [0.1, 0.15) is 26.6 Å². The van der Waals surface area contributed by atoms with Crippen LogP contribution in [0.2, 0.25) is 5.02 Å². The van der Waals surface area contributed by atoms with E-state index in [0.29, 0.717) is 17.9 Å². The number of piperazine rings is 1. The molecule has 35 heavy (non-hydrogen) atoms. The number of hydrogen-bond donors (Lipinski definition) is 1.